The van der Waals surface area contributed by atoms with Crippen molar-refractivity contribution < 1.29 is 4.42 Å². The lowest BCUT2D eigenvalue weighted by molar-refractivity contribution is 0.602. The molecule has 0 aliphatic carbocycles. The van der Waals surface area contributed by atoms with E-state index in [9.17, 15) is 0 Å². The van der Waals surface area contributed by atoms with Crippen LogP contribution in [0, 0.1) is 0 Å². The lowest BCUT2D eigenvalue weighted by Crippen LogP contribution is -2.03. The monoisotopic (exact) mass is 219 g/mol. The lowest BCUT2D eigenvalue weighted by atomic mass is 10.2. The molecule has 4 heteroatoms. The number of benzene rings is 1. The third-order valence-electron chi connectivity index (χ3n) is 2.54. The average Bonchev–Trinajstić information content (AvgIpc) is 2.76. The summed E-state index contributed by atoms with van der Waals surface area (Å²) in [4.78, 5) is 4.11. The first kappa shape index (κ1) is 11.0. The molecule has 0 unspecified atom stereocenters. The number of aromatic nitrogens is 1. The van der Waals surface area contributed by atoms with Crippen LogP contribution in [0.15, 0.2) is 29.0 Å². The summed E-state index contributed by atoms with van der Waals surface area (Å²) in [5, 5.41) is 3.36. The molecule has 0 spiro atoms. The van der Waals surface area contributed by atoms with Gasteiger partial charge in [0.25, 0.3) is 0 Å². The Labute approximate surface area is 94.8 Å². The van der Waals surface area contributed by atoms with Crippen molar-refractivity contribution in [2.24, 2.45) is 5.73 Å². The number of rotatable bonds is 6. The Hall–Kier alpha value is -1.55. The van der Waals surface area contributed by atoms with Gasteiger partial charge in [-0.1, -0.05) is 6.42 Å². The van der Waals surface area contributed by atoms with Crippen molar-refractivity contribution in [3.63, 3.8) is 0 Å². The molecular formula is C12H17N3O. The van der Waals surface area contributed by atoms with Gasteiger partial charge in [0.15, 0.2) is 12.0 Å². The van der Waals surface area contributed by atoms with E-state index in [1.807, 2.05) is 18.2 Å². The van der Waals surface area contributed by atoms with Gasteiger partial charge in [-0.15, -0.1) is 0 Å². The summed E-state index contributed by atoms with van der Waals surface area (Å²) in [6.07, 6.45) is 4.89. The van der Waals surface area contributed by atoms with Gasteiger partial charge in [0.05, 0.1) is 0 Å². The summed E-state index contributed by atoms with van der Waals surface area (Å²) >= 11 is 0. The smallest absolute Gasteiger partial charge is 0.181 e. The van der Waals surface area contributed by atoms with Crippen LogP contribution >= 0.6 is 0 Å². The van der Waals surface area contributed by atoms with E-state index in [4.69, 9.17) is 10.2 Å². The summed E-state index contributed by atoms with van der Waals surface area (Å²) in [5.41, 5.74) is 8.25. The summed E-state index contributed by atoms with van der Waals surface area (Å²) in [6, 6.07) is 5.95. The van der Waals surface area contributed by atoms with Gasteiger partial charge in [0.2, 0.25) is 0 Å². The second-order valence-corrected chi connectivity index (χ2v) is 3.81. The highest BCUT2D eigenvalue weighted by atomic mass is 16.3. The van der Waals surface area contributed by atoms with Crippen LogP contribution in [-0.2, 0) is 0 Å². The fraction of sp³-hybridized carbons (Fsp3) is 0.417. The number of oxazole rings is 1. The molecule has 0 radical (unpaired) electrons. The summed E-state index contributed by atoms with van der Waals surface area (Å²) < 4.78 is 5.18. The molecule has 86 valence electrons. The molecule has 0 aliphatic rings. The topological polar surface area (TPSA) is 64.1 Å². The summed E-state index contributed by atoms with van der Waals surface area (Å²) in [7, 11) is 0. The van der Waals surface area contributed by atoms with Crippen molar-refractivity contribution in [2.75, 3.05) is 18.4 Å². The van der Waals surface area contributed by atoms with Crippen LogP contribution in [0.4, 0.5) is 5.69 Å². The van der Waals surface area contributed by atoms with Crippen LogP contribution in [0.5, 0.6) is 0 Å². The van der Waals surface area contributed by atoms with Gasteiger partial charge in [-0.2, -0.15) is 0 Å². The van der Waals surface area contributed by atoms with Crippen molar-refractivity contribution in [1.82, 2.24) is 4.98 Å². The zero-order valence-corrected chi connectivity index (χ0v) is 9.28. The number of hydrogen-bond acceptors (Lipinski definition) is 4. The molecule has 2 rings (SSSR count). The minimum absolute atomic E-state index is 0.783. The molecule has 1 aromatic carbocycles. The second kappa shape index (κ2) is 5.51. The third-order valence-corrected chi connectivity index (χ3v) is 2.54. The predicted octanol–water partition coefficient (Wildman–Crippen LogP) is 2.37. The fourth-order valence-electron chi connectivity index (χ4n) is 1.65. The van der Waals surface area contributed by atoms with Gasteiger partial charge in [0, 0.05) is 12.2 Å². The normalized spacial score (nSPS) is 10.8. The van der Waals surface area contributed by atoms with Crippen LogP contribution < -0.4 is 11.1 Å². The van der Waals surface area contributed by atoms with Gasteiger partial charge < -0.3 is 15.5 Å². The van der Waals surface area contributed by atoms with E-state index < -0.39 is 0 Å². The van der Waals surface area contributed by atoms with Gasteiger partial charge in [-0.25, -0.2) is 4.98 Å². The molecule has 0 saturated carbocycles. The molecule has 0 amide bonds. The van der Waals surface area contributed by atoms with Gasteiger partial charge in [0.1, 0.15) is 5.52 Å². The first-order valence-corrected chi connectivity index (χ1v) is 5.67. The average molecular weight is 219 g/mol. The Morgan fingerprint density at radius 2 is 2.19 bits per heavy atom. The van der Waals surface area contributed by atoms with Crippen LogP contribution in [0.3, 0.4) is 0 Å². The fourth-order valence-corrected chi connectivity index (χ4v) is 1.65. The molecule has 1 aromatic heterocycles. The molecule has 16 heavy (non-hydrogen) atoms. The highest BCUT2D eigenvalue weighted by molar-refractivity contribution is 5.76. The maximum Gasteiger partial charge on any atom is 0.181 e. The van der Waals surface area contributed by atoms with Gasteiger partial charge in [-0.05, 0) is 37.6 Å². The van der Waals surface area contributed by atoms with Crippen molar-refractivity contribution in [1.29, 1.82) is 0 Å². The Morgan fingerprint density at radius 1 is 1.25 bits per heavy atom. The summed E-state index contributed by atoms with van der Waals surface area (Å²) in [6.45, 7) is 1.76. The Morgan fingerprint density at radius 3 is 3.06 bits per heavy atom. The minimum Gasteiger partial charge on any atom is -0.443 e. The predicted molar refractivity (Wildman–Crippen MR) is 65.4 cm³/mol. The molecular weight excluding hydrogens is 202 g/mol. The van der Waals surface area contributed by atoms with Crippen molar-refractivity contribution in [3.8, 4) is 0 Å². The molecule has 0 fully saturated rings. The first-order valence-electron chi connectivity index (χ1n) is 5.67. The van der Waals surface area contributed by atoms with Gasteiger partial charge in [-0.3, -0.25) is 0 Å². The Kier molecular flexibility index (Phi) is 3.77. The summed E-state index contributed by atoms with van der Waals surface area (Å²) in [5.74, 6) is 0. The van der Waals surface area contributed by atoms with E-state index in [0.29, 0.717) is 0 Å². The van der Waals surface area contributed by atoms with Crippen LogP contribution in [0.1, 0.15) is 19.3 Å². The zero-order chi connectivity index (χ0) is 11.2. The van der Waals surface area contributed by atoms with Crippen molar-refractivity contribution in [3.05, 3.63) is 24.6 Å². The van der Waals surface area contributed by atoms with Gasteiger partial charge >= 0.3 is 0 Å². The Balaban J connectivity index is 1.84. The quantitative estimate of drug-likeness (QED) is 0.732. The first-order chi connectivity index (χ1) is 7.90. The number of hydrogen-bond donors (Lipinski definition) is 2. The van der Waals surface area contributed by atoms with E-state index in [2.05, 4.69) is 10.3 Å². The van der Waals surface area contributed by atoms with Crippen molar-refractivity contribution >= 4 is 16.8 Å². The van der Waals surface area contributed by atoms with E-state index in [0.717, 1.165) is 42.7 Å². The zero-order valence-electron chi connectivity index (χ0n) is 9.28. The second-order valence-electron chi connectivity index (χ2n) is 3.81. The SMILES string of the molecule is NCCCCCNc1ccc2ocnc2c1. The number of nitrogens with one attached hydrogen (secondary N) is 1. The molecule has 4 nitrogen and oxygen atoms in total. The van der Waals surface area contributed by atoms with E-state index in [1.165, 1.54) is 12.8 Å². The highest BCUT2D eigenvalue weighted by Gasteiger charge is 1.99. The maximum absolute atomic E-state index is 5.43. The molecule has 0 saturated heterocycles. The Bertz CT molecular complexity index is 439. The maximum atomic E-state index is 5.43. The molecule has 0 atom stereocenters. The number of fused-ring (bicyclic) bond motifs is 1. The largest absolute Gasteiger partial charge is 0.443 e. The number of unbranched alkanes of at least 4 members (excludes halogenated alkanes) is 2. The van der Waals surface area contributed by atoms with E-state index >= 15 is 0 Å². The van der Waals surface area contributed by atoms with Crippen LogP contribution in [0.25, 0.3) is 11.1 Å². The molecule has 0 aliphatic heterocycles. The molecule has 3 N–H and O–H groups in total. The minimum atomic E-state index is 0.783. The van der Waals surface area contributed by atoms with E-state index in [-0.39, 0.29) is 0 Å². The lowest BCUT2D eigenvalue weighted by Gasteiger charge is -2.05. The molecule has 0 bridgehead atoms. The van der Waals surface area contributed by atoms with E-state index in [1.54, 1.807) is 0 Å². The number of anilines is 1. The number of nitrogens with zero attached hydrogens (tertiary/aromatic N) is 1. The molecule has 1 heterocycles. The van der Waals surface area contributed by atoms with Crippen molar-refractivity contribution in [2.45, 2.75) is 19.3 Å². The number of nitrogens with two attached hydrogens (primary N) is 1. The highest BCUT2D eigenvalue weighted by Crippen LogP contribution is 2.17. The van der Waals surface area contributed by atoms with Crippen LogP contribution in [0.2, 0.25) is 0 Å². The standard InChI is InChI=1S/C12H17N3O/c13-6-2-1-3-7-14-10-4-5-12-11(8-10)15-9-16-12/h4-5,8-9,14H,1-3,6-7,13H2. The van der Waals surface area contributed by atoms with Crippen LogP contribution in [-0.4, -0.2) is 18.1 Å². The molecule has 2 aromatic rings. The third kappa shape index (κ3) is 2.73.